The van der Waals surface area contributed by atoms with Gasteiger partial charge in [-0.05, 0) is 36.5 Å². The Balaban J connectivity index is 2.11. The normalized spacial score (nSPS) is 25.8. The average molecular weight is 281 g/mol. The van der Waals surface area contributed by atoms with Crippen LogP contribution >= 0.6 is 15.9 Å². The molecule has 0 N–H and O–H groups in total. The Kier molecular flexibility index (Phi) is 3.80. The summed E-state index contributed by atoms with van der Waals surface area (Å²) in [6.45, 7) is 2.18. The Labute approximate surface area is 105 Å². The zero-order valence-electron chi connectivity index (χ0n) is 9.58. The van der Waals surface area contributed by atoms with Gasteiger partial charge in [0.25, 0.3) is 0 Å². The van der Waals surface area contributed by atoms with E-state index >= 15 is 0 Å². The molecular formula is C14H17BrO. The van der Waals surface area contributed by atoms with Crippen LogP contribution in [0.3, 0.4) is 0 Å². The number of carbonyl (C=O) groups is 1. The predicted molar refractivity (Wildman–Crippen MR) is 69.5 cm³/mol. The second-order valence-corrected chi connectivity index (χ2v) is 5.54. The molecule has 1 fully saturated rings. The van der Waals surface area contributed by atoms with Gasteiger partial charge in [0.15, 0.2) is 0 Å². The summed E-state index contributed by atoms with van der Waals surface area (Å²) in [6.07, 6.45) is 4.14. The zero-order chi connectivity index (χ0) is 11.5. The van der Waals surface area contributed by atoms with E-state index in [9.17, 15) is 4.79 Å². The number of hydrogen-bond donors (Lipinski definition) is 0. The van der Waals surface area contributed by atoms with Crippen molar-refractivity contribution in [3.8, 4) is 0 Å². The maximum absolute atomic E-state index is 12.0. The van der Waals surface area contributed by atoms with Gasteiger partial charge < -0.3 is 0 Å². The molecule has 0 aliphatic heterocycles. The highest BCUT2D eigenvalue weighted by molar-refractivity contribution is 9.10. The van der Waals surface area contributed by atoms with Crippen molar-refractivity contribution in [1.82, 2.24) is 0 Å². The van der Waals surface area contributed by atoms with Gasteiger partial charge in [-0.15, -0.1) is 0 Å². The number of halogens is 1. The molecule has 0 aromatic heterocycles. The van der Waals surface area contributed by atoms with Gasteiger partial charge in [0.05, 0.1) is 0 Å². The summed E-state index contributed by atoms with van der Waals surface area (Å²) in [5, 5.41) is 0. The van der Waals surface area contributed by atoms with Crippen LogP contribution in [0.25, 0.3) is 0 Å². The molecule has 2 unspecified atom stereocenters. The molecule has 1 aliphatic rings. The van der Waals surface area contributed by atoms with E-state index in [2.05, 4.69) is 35.0 Å². The molecule has 1 aromatic carbocycles. The van der Waals surface area contributed by atoms with Crippen LogP contribution in [-0.2, 0) is 4.79 Å². The van der Waals surface area contributed by atoms with E-state index in [0.717, 1.165) is 23.7 Å². The molecular weight excluding hydrogens is 264 g/mol. The maximum Gasteiger partial charge on any atom is 0.140 e. The van der Waals surface area contributed by atoms with Crippen molar-refractivity contribution in [3.63, 3.8) is 0 Å². The van der Waals surface area contributed by atoms with Crippen LogP contribution < -0.4 is 0 Å². The highest BCUT2D eigenvalue weighted by Gasteiger charge is 2.28. The van der Waals surface area contributed by atoms with Gasteiger partial charge in [0.2, 0.25) is 0 Å². The SMILES string of the molecule is CCC1CCC(c2ccc(Br)cc2)C(=O)C1. The zero-order valence-corrected chi connectivity index (χ0v) is 11.2. The molecule has 1 saturated carbocycles. The molecule has 0 bridgehead atoms. The lowest BCUT2D eigenvalue weighted by molar-refractivity contribution is -0.123. The van der Waals surface area contributed by atoms with E-state index < -0.39 is 0 Å². The van der Waals surface area contributed by atoms with Gasteiger partial charge in [-0.3, -0.25) is 4.79 Å². The molecule has 1 aromatic rings. The molecule has 86 valence electrons. The lowest BCUT2D eigenvalue weighted by atomic mass is 9.77. The third-order valence-corrected chi connectivity index (χ3v) is 4.12. The first-order valence-corrected chi connectivity index (χ1v) is 6.78. The first kappa shape index (κ1) is 11.8. The number of ketones is 1. The van der Waals surface area contributed by atoms with E-state index in [1.54, 1.807) is 0 Å². The van der Waals surface area contributed by atoms with E-state index in [0.29, 0.717) is 11.7 Å². The van der Waals surface area contributed by atoms with Crippen molar-refractivity contribution in [1.29, 1.82) is 0 Å². The molecule has 0 amide bonds. The quantitative estimate of drug-likeness (QED) is 0.789. The fraction of sp³-hybridized carbons (Fsp3) is 0.500. The van der Waals surface area contributed by atoms with Gasteiger partial charge >= 0.3 is 0 Å². The molecule has 0 spiro atoms. The molecule has 16 heavy (non-hydrogen) atoms. The molecule has 2 heteroatoms. The fourth-order valence-corrected chi connectivity index (χ4v) is 2.75. The second kappa shape index (κ2) is 5.13. The Morgan fingerprint density at radius 2 is 1.94 bits per heavy atom. The highest BCUT2D eigenvalue weighted by Crippen LogP contribution is 2.34. The van der Waals surface area contributed by atoms with Crippen molar-refractivity contribution < 1.29 is 4.79 Å². The summed E-state index contributed by atoms with van der Waals surface area (Å²) in [4.78, 5) is 12.0. The van der Waals surface area contributed by atoms with Crippen molar-refractivity contribution in [2.75, 3.05) is 0 Å². The third-order valence-electron chi connectivity index (χ3n) is 3.59. The molecule has 0 radical (unpaired) electrons. The van der Waals surface area contributed by atoms with E-state index in [-0.39, 0.29) is 5.92 Å². The van der Waals surface area contributed by atoms with Gasteiger partial charge in [-0.2, -0.15) is 0 Å². The van der Waals surface area contributed by atoms with E-state index in [1.807, 2.05) is 12.1 Å². The Bertz CT molecular complexity index is 369. The molecule has 2 atom stereocenters. The summed E-state index contributed by atoms with van der Waals surface area (Å²) < 4.78 is 1.07. The lowest BCUT2D eigenvalue weighted by Gasteiger charge is -2.26. The van der Waals surface area contributed by atoms with Gasteiger partial charge in [-0.25, -0.2) is 0 Å². The number of carbonyl (C=O) groups excluding carboxylic acids is 1. The van der Waals surface area contributed by atoms with E-state index in [4.69, 9.17) is 0 Å². The minimum atomic E-state index is 0.149. The summed E-state index contributed by atoms with van der Waals surface area (Å²) in [6, 6.07) is 8.18. The van der Waals surface area contributed by atoms with Crippen LogP contribution in [0.4, 0.5) is 0 Å². The standard InChI is InChI=1S/C14H17BrO/c1-2-10-3-8-13(14(16)9-10)11-4-6-12(15)7-5-11/h4-7,10,13H,2-3,8-9H2,1H3. The number of Topliss-reactive ketones (excluding diaryl/α,β-unsaturated/α-hetero) is 1. The lowest BCUT2D eigenvalue weighted by Crippen LogP contribution is -2.22. The van der Waals surface area contributed by atoms with Gasteiger partial charge in [-0.1, -0.05) is 41.4 Å². The number of rotatable bonds is 2. The predicted octanol–water partition coefficient (Wildman–Crippen LogP) is 4.31. The summed E-state index contributed by atoms with van der Waals surface area (Å²) >= 11 is 3.42. The minimum absolute atomic E-state index is 0.149. The van der Waals surface area contributed by atoms with E-state index in [1.165, 1.54) is 12.0 Å². The monoisotopic (exact) mass is 280 g/mol. The first-order chi connectivity index (χ1) is 7.70. The van der Waals surface area contributed by atoms with Gasteiger partial charge in [0, 0.05) is 16.8 Å². The minimum Gasteiger partial charge on any atom is -0.299 e. The summed E-state index contributed by atoms with van der Waals surface area (Å²) in [5.41, 5.74) is 1.18. The Hall–Kier alpha value is -0.630. The van der Waals surface area contributed by atoms with Crippen LogP contribution in [-0.4, -0.2) is 5.78 Å². The molecule has 2 rings (SSSR count). The Morgan fingerprint density at radius 1 is 1.25 bits per heavy atom. The van der Waals surface area contributed by atoms with Crippen LogP contribution in [0.5, 0.6) is 0 Å². The van der Waals surface area contributed by atoms with Crippen molar-refractivity contribution >= 4 is 21.7 Å². The summed E-state index contributed by atoms with van der Waals surface area (Å²) in [5.74, 6) is 1.20. The van der Waals surface area contributed by atoms with Crippen LogP contribution in [0.2, 0.25) is 0 Å². The topological polar surface area (TPSA) is 17.1 Å². The molecule has 0 heterocycles. The maximum atomic E-state index is 12.0. The number of hydrogen-bond acceptors (Lipinski definition) is 1. The Morgan fingerprint density at radius 3 is 2.50 bits per heavy atom. The van der Waals surface area contributed by atoms with Crippen molar-refractivity contribution in [3.05, 3.63) is 34.3 Å². The number of benzene rings is 1. The van der Waals surface area contributed by atoms with Crippen molar-refractivity contribution in [2.24, 2.45) is 5.92 Å². The smallest absolute Gasteiger partial charge is 0.140 e. The fourth-order valence-electron chi connectivity index (χ4n) is 2.49. The van der Waals surface area contributed by atoms with Gasteiger partial charge in [0.1, 0.15) is 5.78 Å². The summed E-state index contributed by atoms with van der Waals surface area (Å²) in [7, 11) is 0. The highest BCUT2D eigenvalue weighted by atomic mass is 79.9. The van der Waals surface area contributed by atoms with Crippen LogP contribution in [0.15, 0.2) is 28.7 Å². The third kappa shape index (κ3) is 2.54. The molecule has 1 nitrogen and oxygen atoms in total. The van der Waals surface area contributed by atoms with Crippen LogP contribution in [0.1, 0.15) is 44.1 Å². The second-order valence-electron chi connectivity index (χ2n) is 4.63. The molecule has 1 aliphatic carbocycles. The first-order valence-electron chi connectivity index (χ1n) is 5.99. The van der Waals surface area contributed by atoms with Crippen LogP contribution in [0, 0.1) is 5.92 Å². The van der Waals surface area contributed by atoms with Crippen molar-refractivity contribution in [2.45, 2.75) is 38.5 Å². The average Bonchev–Trinajstić information content (AvgIpc) is 2.30. The largest absolute Gasteiger partial charge is 0.299 e. The molecule has 0 saturated heterocycles.